The third-order valence-electron chi connectivity index (χ3n) is 3.25. The molecule has 0 saturated heterocycles. The molecule has 0 aromatic carbocycles. The second kappa shape index (κ2) is 6.62. The van der Waals surface area contributed by atoms with Crippen LogP contribution in [0.15, 0.2) is 50.0 Å². The van der Waals surface area contributed by atoms with E-state index in [1.165, 1.54) is 16.6 Å². The van der Waals surface area contributed by atoms with Crippen molar-refractivity contribution < 1.29 is 8.94 Å². The molecule has 24 heavy (non-hydrogen) atoms. The number of furan rings is 1. The molecule has 0 amide bonds. The summed E-state index contributed by atoms with van der Waals surface area (Å²) in [5.74, 6) is 2.37. The van der Waals surface area contributed by atoms with Gasteiger partial charge in [0.25, 0.3) is 0 Å². The maximum Gasteiger partial charge on any atom is 0.240 e. The van der Waals surface area contributed by atoms with Crippen molar-refractivity contribution in [2.75, 3.05) is 0 Å². The zero-order valence-electron chi connectivity index (χ0n) is 12.7. The monoisotopic (exact) mass is 359 g/mol. The van der Waals surface area contributed by atoms with Gasteiger partial charge >= 0.3 is 0 Å². The van der Waals surface area contributed by atoms with E-state index in [-0.39, 0.29) is 5.25 Å². The summed E-state index contributed by atoms with van der Waals surface area (Å²) in [6.07, 6.45) is 2.33. The van der Waals surface area contributed by atoms with Crippen LogP contribution in [0.1, 0.15) is 28.8 Å². The highest BCUT2D eigenvalue weighted by Gasteiger charge is 2.19. The Hall–Kier alpha value is -2.39. The molecule has 122 valence electrons. The summed E-state index contributed by atoms with van der Waals surface area (Å²) in [6.45, 7) is 1.97. The van der Waals surface area contributed by atoms with Gasteiger partial charge in [-0.1, -0.05) is 23.0 Å². The lowest BCUT2D eigenvalue weighted by molar-refractivity contribution is 0.379. The van der Waals surface area contributed by atoms with Crippen molar-refractivity contribution in [3.63, 3.8) is 0 Å². The molecule has 0 aliphatic carbocycles. The SMILES string of the molecule is C[C@H](Sc1n[nH]c(Cc2cccs2)n1)c1nc(-c2ccco2)no1. The molecule has 1 N–H and O–H groups in total. The first-order chi connectivity index (χ1) is 11.8. The fourth-order valence-corrected chi connectivity index (χ4v) is 3.59. The number of nitrogens with one attached hydrogen (secondary N) is 1. The van der Waals surface area contributed by atoms with Crippen molar-refractivity contribution in [3.8, 4) is 11.6 Å². The molecule has 0 aliphatic rings. The smallest absolute Gasteiger partial charge is 0.240 e. The Morgan fingerprint density at radius 3 is 3.04 bits per heavy atom. The predicted molar refractivity (Wildman–Crippen MR) is 89.8 cm³/mol. The van der Waals surface area contributed by atoms with Crippen LogP contribution in [0.2, 0.25) is 0 Å². The molecule has 0 saturated carbocycles. The Morgan fingerprint density at radius 2 is 2.25 bits per heavy atom. The Morgan fingerprint density at radius 1 is 1.29 bits per heavy atom. The molecule has 0 fully saturated rings. The topological polar surface area (TPSA) is 93.6 Å². The van der Waals surface area contributed by atoms with Crippen LogP contribution >= 0.6 is 23.1 Å². The molecule has 9 heteroatoms. The second-order valence-electron chi connectivity index (χ2n) is 5.01. The van der Waals surface area contributed by atoms with E-state index in [9.17, 15) is 0 Å². The molecule has 4 rings (SSSR count). The van der Waals surface area contributed by atoms with E-state index in [2.05, 4.69) is 36.8 Å². The molecule has 7 nitrogen and oxygen atoms in total. The predicted octanol–water partition coefficient (Wildman–Crippen LogP) is 3.95. The van der Waals surface area contributed by atoms with Gasteiger partial charge in [-0.15, -0.1) is 16.4 Å². The second-order valence-corrected chi connectivity index (χ2v) is 7.35. The van der Waals surface area contributed by atoms with Crippen molar-refractivity contribution in [2.45, 2.75) is 23.8 Å². The largest absolute Gasteiger partial charge is 0.461 e. The van der Waals surface area contributed by atoms with Crippen LogP contribution in [0, 0.1) is 0 Å². The molecule has 0 aliphatic heterocycles. The highest BCUT2D eigenvalue weighted by molar-refractivity contribution is 7.99. The van der Waals surface area contributed by atoms with E-state index in [1.54, 1.807) is 29.7 Å². The van der Waals surface area contributed by atoms with Gasteiger partial charge in [-0.2, -0.15) is 4.98 Å². The lowest BCUT2D eigenvalue weighted by atomic mass is 10.3. The zero-order valence-corrected chi connectivity index (χ0v) is 14.3. The Balaban J connectivity index is 1.42. The number of aromatic nitrogens is 5. The van der Waals surface area contributed by atoms with Gasteiger partial charge in [0.1, 0.15) is 5.82 Å². The van der Waals surface area contributed by atoms with Gasteiger partial charge in [0.05, 0.1) is 11.5 Å². The molecule has 1 atom stereocenters. The molecule has 0 unspecified atom stereocenters. The Kier molecular flexibility index (Phi) is 4.18. The van der Waals surface area contributed by atoms with Gasteiger partial charge in [0, 0.05) is 11.3 Å². The van der Waals surface area contributed by atoms with Gasteiger partial charge in [0.15, 0.2) is 5.76 Å². The first-order valence-electron chi connectivity index (χ1n) is 7.26. The van der Waals surface area contributed by atoms with Crippen LogP contribution < -0.4 is 0 Å². The summed E-state index contributed by atoms with van der Waals surface area (Å²) in [5.41, 5.74) is 0. The lowest BCUT2D eigenvalue weighted by Gasteiger charge is -2.01. The van der Waals surface area contributed by atoms with Gasteiger partial charge in [-0.05, 0) is 30.5 Å². The highest BCUT2D eigenvalue weighted by atomic mass is 32.2. The number of H-pyrrole nitrogens is 1. The van der Waals surface area contributed by atoms with Crippen LogP contribution in [0.25, 0.3) is 11.6 Å². The van der Waals surface area contributed by atoms with Crippen molar-refractivity contribution in [1.29, 1.82) is 0 Å². The Labute approximate surface area is 145 Å². The van der Waals surface area contributed by atoms with Crippen molar-refractivity contribution in [2.24, 2.45) is 0 Å². The van der Waals surface area contributed by atoms with Crippen molar-refractivity contribution >= 4 is 23.1 Å². The first-order valence-corrected chi connectivity index (χ1v) is 9.01. The Bertz CT molecular complexity index is 898. The number of hydrogen-bond acceptors (Lipinski definition) is 8. The van der Waals surface area contributed by atoms with Crippen molar-refractivity contribution in [1.82, 2.24) is 25.3 Å². The summed E-state index contributed by atoms with van der Waals surface area (Å²) in [7, 11) is 0. The quantitative estimate of drug-likeness (QED) is 0.521. The van der Waals surface area contributed by atoms with E-state index < -0.39 is 0 Å². The molecular formula is C15H13N5O2S2. The maximum absolute atomic E-state index is 5.31. The average Bonchev–Trinajstić information content (AvgIpc) is 3.36. The molecule has 4 aromatic heterocycles. The molecule has 4 aromatic rings. The van der Waals surface area contributed by atoms with E-state index in [0.29, 0.717) is 22.6 Å². The third-order valence-corrected chi connectivity index (χ3v) is 5.07. The number of nitrogens with zero attached hydrogens (tertiary/aromatic N) is 4. The van der Waals surface area contributed by atoms with Crippen LogP contribution in [0.5, 0.6) is 0 Å². The number of rotatable bonds is 6. The van der Waals surface area contributed by atoms with Gasteiger partial charge in [-0.25, -0.2) is 4.98 Å². The summed E-state index contributed by atoms with van der Waals surface area (Å²) in [5, 5.41) is 13.8. The van der Waals surface area contributed by atoms with Crippen LogP contribution in [0.4, 0.5) is 0 Å². The molecule has 4 heterocycles. The van der Waals surface area contributed by atoms with Crippen LogP contribution in [-0.2, 0) is 6.42 Å². The average molecular weight is 359 g/mol. The number of hydrogen-bond donors (Lipinski definition) is 1. The molecular weight excluding hydrogens is 346 g/mol. The fraction of sp³-hybridized carbons (Fsp3) is 0.200. The minimum absolute atomic E-state index is 0.0633. The molecule has 0 radical (unpaired) electrons. The molecule has 0 bridgehead atoms. The molecule has 0 spiro atoms. The zero-order chi connectivity index (χ0) is 16.4. The number of aromatic amines is 1. The summed E-state index contributed by atoms with van der Waals surface area (Å²) in [6, 6.07) is 7.68. The fourth-order valence-electron chi connectivity index (χ4n) is 2.10. The normalized spacial score (nSPS) is 12.5. The van der Waals surface area contributed by atoms with E-state index in [1.807, 2.05) is 13.0 Å². The standard InChI is InChI=1S/C15H13N5O2S2/c1-9(14-17-13(20-22-14)11-5-2-6-21-11)24-15-16-12(18-19-15)8-10-4-3-7-23-10/h2-7,9H,8H2,1H3,(H,16,18,19)/t9-/m0/s1. The van der Waals surface area contributed by atoms with Crippen LogP contribution in [0.3, 0.4) is 0 Å². The number of thiophene rings is 1. The first kappa shape index (κ1) is 15.2. The summed E-state index contributed by atoms with van der Waals surface area (Å²) in [4.78, 5) is 10.1. The lowest BCUT2D eigenvalue weighted by Crippen LogP contribution is -1.90. The third kappa shape index (κ3) is 3.26. The summed E-state index contributed by atoms with van der Waals surface area (Å²) >= 11 is 3.17. The van der Waals surface area contributed by atoms with E-state index in [4.69, 9.17) is 8.94 Å². The minimum atomic E-state index is -0.0633. The highest BCUT2D eigenvalue weighted by Crippen LogP contribution is 2.32. The van der Waals surface area contributed by atoms with Gasteiger partial charge in [0.2, 0.25) is 16.9 Å². The summed E-state index contributed by atoms with van der Waals surface area (Å²) < 4.78 is 10.6. The minimum Gasteiger partial charge on any atom is -0.461 e. The maximum atomic E-state index is 5.31. The van der Waals surface area contributed by atoms with Gasteiger partial charge in [-0.3, -0.25) is 5.10 Å². The van der Waals surface area contributed by atoms with Crippen molar-refractivity contribution in [3.05, 3.63) is 52.5 Å². The van der Waals surface area contributed by atoms with E-state index in [0.717, 1.165) is 12.2 Å². The number of thioether (sulfide) groups is 1. The van der Waals surface area contributed by atoms with Crippen LogP contribution in [-0.4, -0.2) is 25.3 Å². The van der Waals surface area contributed by atoms with E-state index >= 15 is 0 Å². The van der Waals surface area contributed by atoms with Gasteiger partial charge < -0.3 is 8.94 Å².